The maximum absolute atomic E-state index is 11.2. The zero-order chi connectivity index (χ0) is 10.1. The van der Waals surface area contributed by atoms with Gasteiger partial charge in [-0.05, 0) is 25.0 Å². The number of rotatable bonds is 7. The Hall–Kier alpha value is 0.170. The molecule has 1 amide bonds. The number of nitrogens with one attached hydrogen (secondary N) is 1. The molecule has 0 saturated carbocycles. The predicted molar refractivity (Wildman–Crippen MR) is 63.8 cm³/mol. The summed E-state index contributed by atoms with van der Waals surface area (Å²) < 4.78 is 0. The van der Waals surface area contributed by atoms with E-state index in [2.05, 4.69) is 30.6 Å². The number of thiol groups is 2. The summed E-state index contributed by atoms with van der Waals surface area (Å²) in [6.07, 6.45) is 4.08. The summed E-state index contributed by atoms with van der Waals surface area (Å²) in [7, 11) is 0. The number of hydrogen-bond acceptors (Lipinski definition) is 3. The molecule has 0 aromatic carbocycles. The summed E-state index contributed by atoms with van der Waals surface area (Å²) in [6, 6.07) is 0. The van der Waals surface area contributed by atoms with Gasteiger partial charge in [-0.2, -0.15) is 25.3 Å². The van der Waals surface area contributed by atoms with Crippen LogP contribution in [0, 0.1) is 0 Å². The van der Waals surface area contributed by atoms with Gasteiger partial charge in [0, 0.05) is 6.54 Å². The van der Waals surface area contributed by atoms with Crippen LogP contribution >= 0.6 is 25.3 Å². The zero-order valence-electron chi connectivity index (χ0n) is 8.12. The predicted octanol–water partition coefficient (Wildman–Crippen LogP) is 1.91. The fourth-order valence-electron chi connectivity index (χ4n) is 0.928. The van der Waals surface area contributed by atoms with Crippen LogP contribution in [-0.4, -0.2) is 23.5 Å². The highest BCUT2D eigenvalue weighted by atomic mass is 32.1. The highest BCUT2D eigenvalue weighted by molar-refractivity contribution is 7.81. The van der Waals surface area contributed by atoms with Crippen LogP contribution in [0.5, 0.6) is 0 Å². The van der Waals surface area contributed by atoms with Crippen molar-refractivity contribution in [3.63, 3.8) is 0 Å². The van der Waals surface area contributed by atoms with Crippen LogP contribution in [0.25, 0.3) is 0 Å². The lowest BCUT2D eigenvalue weighted by Gasteiger charge is -2.08. The average Bonchev–Trinajstić information content (AvgIpc) is 2.16. The molecule has 2 nitrogen and oxygen atoms in total. The molecular formula is C9H19NOS2. The second-order valence-corrected chi connectivity index (χ2v) is 4.07. The first kappa shape index (κ1) is 13.2. The van der Waals surface area contributed by atoms with E-state index in [-0.39, 0.29) is 11.2 Å². The quantitative estimate of drug-likeness (QED) is 0.445. The molecule has 78 valence electrons. The summed E-state index contributed by atoms with van der Waals surface area (Å²) in [5.74, 6) is 0.981. The van der Waals surface area contributed by atoms with Gasteiger partial charge in [0.1, 0.15) is 0 Å². The Labute approximate surface area is 91.7 Å². The van der Waals surface area contributed by atoms with Gasteiger partial charge in [0.25, 0.3) is 0 Å². The van der Waals surface area contributed by atoms with E-state index in [4.69, 9.17) is 0 Å². The number of carbonyl (C=O) groups is 1. The van der Waals surface area contributed by atoms with E-state index in [1.54, 1.807) is 0 Å². The highest BCUT2D eigenvalue weighted by Crippen LogP contribution is 2.00. The van der Waals surface area contributed by atoms with Crippen molar-refractivity contribution in [2.24, 2.45) is 0 Å². The molecule has 0 aliphatic carbocycles. The SMILES string of the molecule is CCC(S)C(=O)NCCCCCS. The van der Waals surface area contributed by atoms with E-state index in [1.165, 1.54) is 0 Å². The maximum atomic E-state index is 11.2. The van der Waals surface area contributed by atoms with Gasteiger partial charge in [-0.15, -0.1) is 0 Å². The molecule has 13 heavy (non-hydrogen) atoms. The summed E-state index contributed by atoms with van der Waals surface area (Å²) >= 11 is 8.26. The summed E-state index contributed by atoms with van der Waals surface area (Å²) in [6.45, 7) is 2.72. The van der Waals surface area contributed by atoms with Crippen molar-refractivity contribution >= 4 is 31.2 Å². The minimum atomic E-state index is -0.148. The number of hydrogen-bond donors (Lipinski definition) is 3. The number of unbranched alkanes of at least 4 members (excludes halogenated alkanes) is 2. The monoisotopic (exact) mass is 221 g/mol. The van der Waals surface area contributed by atoms with Gasteiger partial charge in [0.2, 0.25) is 5.91 Å². The molecule has 0 aromatic heterocycles. The van der Waals surface area contributed by atoms with E-state index in [0.717, 1.165) is 38.0 Å². The van der Waals surface area contributed by atoms with Crippen molar-refractivity contribution in [3.8, 4) is 0 Å². The van der Waals surface area contributed by atoms with Crippen LogP contribution in [0.3, 0.4) is 0 Å². The van der Waals surface area contributed by atoms with Gasteiger partial charge < -0.3 is 5.32 Å². The van der Waals surface area contributed by atoms with Gasteiger partial charge >= 0.3 is 0 Å². The maximum Gasteiger partial charge on any atom is 0.232 e. The van der Waals surface area contributed by atoms with Crippen LogP contribution in [0.1, 0.15) is 32.6 Å². The minimum Gasteiger partial charge on any atom is -0.355 e. The van der Waals surface area contributed by atoms with E-state index in [9.17, 15) is 4.79 Å². The van der Waals surface area contributed by atoms with E-state index >= 15 is 0 Å². The van der Waals surface area contributed by atoms with Crippen LogP contribution in [0.4, 0.5) is 0 Å². The van der Waals surface area contributed by atoms with Crippen molar-refractivity contribution < 1.29 is 4.79 Å². The molecule has 0 spiro atoms. The molecule has 0 bridgehead atoms. The summed E-state index contributed by atoms with van der Waals surface area (Å²) in [5, 5.41) is 2.70. The fourth-order valence-corrected chi connectivity index (χ4v) is 1.24. The minimum absolute atomic E-state index is 0.0525. The Balaban J connectivity index is 3.27. The van der Waals surface area contributed by atoms with Gasteiger partial charge in [0.05, 0.1) is 5.25 Å². The topological polar surface area (TPSA) is 29.1 Å². The Morgan fingerprint density at radius 3 is 2.62 bits per heavy atom. The Bertz CT molecular complexity index is 142. The molecule has 0 heterocycles. The van der Waals surface area contributed by atoms with Crippen molar-refractivity contribution in [1.29, 1.82) is 0 Å². The lowest BCUT2D eigenvalue weighted by molar-refractivity contribution is -0.120. The van der Waals surface area contributed by atoms with Crippen molar-refractivity contribution in [3.05, 3.63) is 0 Å². The third kappa shape index (κ3) is 7.26. The first-order valence-corrected chi connectivity index (χ1v) is 5.93. The van der Waals surface area contributed by atoms with Crippen LogP contribution < -0.4 is 5.32 Å². The second kappa shape index (κ2) is 8.75. The van der Waals surface area contributed by atoms with Crippen molar-refractivity contribution in [2.75, 3.05) is 12.3 Å². The highest BCUT2D eigenvalue weighted by Gasteiger charge is 2.09. The molecule has 0 saturated heterocycles. The summed E-state index contributed by atoms with van der Waals surface area (Å²) in [5.41, 5.74) is 0. The normalized spacial score (nSPS) is 12.5. The average molecular weight is 221 g/mol. The van der Waals surface area contributed by atoms with Gasteiger partial charge in [-0.1, -0.05) is 13.3 Å². The first-order chi connectivity index (χ1) is 6.22. The standard InChI is InChI=1S/C9H19NOS2/c1-2-8(13)9(11)10-6-4-3-5-7-12/h8,12-13H,2-7H2,1H3,(H,10,11). The van der Waals surface area contributed by atoms with Crippen LogP contribution in [0.15, 0.2) is 0 Å². The Kier molecular flexibility index (Phi) is 8.87. The second-order valence-electron chi connectivity index (χ2n) is 3.00. The van der Waals surface area contributed by atoms with Crippen molar-refractivity contribution in [1.82, 2.24) is 5.32 Å². The van der Waals surface area contributed by atoms with Gasteiger partial charge in [0.15, 0.2) is 0 Å². The smallest absolute Gasteiger partial charge is 0.232 e. The molecule has 4 heteroatoms. The van der Waals surface area contributed by atoms with Gasteiger partial charge in [-0.25, -0.2) is 0 Å². The molecule has 0 rings (SSSR count). The summed E-state index contributed by atoms with van der Waals surface area (Å²) in [4.78, 5) is 11.2. The van der Waals surface area contributed by atoms with E-state index in [1.807, 2.05) is 6.92 Å². The number of amides is 1. The molecule has 1 N–H and O–H groups in total. The first-order valence-electron chi connectivity index (χ1n) is 4.79. The molecule has 1 atom stereocenters. The lowest BCUT2D eigenvalue weighted by Crippen LogP contribution is -2.31. The molecule has 0 radical (unpaired) electrons. The zero-order valence-corrected chi connectivity index (χ0v) is 9.91. The van der Waals surface area contributed by atoms with E-state index in [0.29, 0.717) is 0 Å². The van der Waals surface area contributed by atoms with Gasteiger partial charge in [-0.3, -0.25) is 4.79 Å². The Morgan fingerprint density at radius 2 is 2.08 bits per heavy atom. The fraction of sp³-hybridized carbons (Fsp3) is 0.889. The van der Waals surface area contributed by atoms with E-state index < -0.39 is 0 Å². The Morgan fingerprint density at radius 1 is 1.38 bits per heavy atom. The largest absolute Gasteiger partial charge is 0.355 e. The molecule has 0 aliphatic rings. The van der Waals surface area contributed by atoms with Crippen LogP contribution in [-0.2, 0) is 4.79 Å². The molecule has 0 fully saturated rings. The number of carbonyl (C=O) groups excluding carboxylic acids is 1. The molecular weight excluding hydrogens is 202 g/mol. The third-order valence-corrected chi connectivity index (χ3v) is 2.74. The molecule has 0 aliphatic heterocycles. The molecule has 0 aromatic rings. The van der Waals surface area contributed by atoms with Crippen molar-refractivity contribution in [2.45, 2.75) is 37.9 Å². The third-order valence-electron chi connectivity index (χ3n) is 1.82. The molecule has 1 unspecified atom stereocenters. The van der Waals surface area contributed by atoms with Crippen LogP contribution in [0.2, 0.25) is 0 Å². The lowest BCUT2D eigenvalue weighted by atomic mass is 10.2.